The fourth-order valence-electron chi connectivity index (χ4n) is 2.38. The minimum Gasteiger partial charge on any atom is -0.327 e. The van der Waals surface area contributed by atoms with Crippen LogP contribution in [0.15, 0.2) is 11.6 Å². The lowest BCUT2D eigenvalue weighted by atomic mass is 9.97. The fourth-order valence-corrected chi connectivity index (χ4v) is 2.38. The maximum Gasteiger partial charge on any atom is 0.00733 e. The monoisotopic (exact) mass is 209 g/mol. The van der Waals surface area contributed by atoms with Crippen molar-refractivity contribution in [2.24, 2.45) is 23.5 Å². The van der Waals surface area contributed by atoms with Crippen molar-refractivity contribution in [3.05, 3.63) is 11.6 Å². The predicted molar refractivity (Wildman–Crippen MR) is 67.7 cm³/mol. The van der Waals surface area contributed by atoms with E-state index < -0.39 is 0 Å². The Kier molecular flexibility index (Phi) is 4.85. The lowest BCUT2D eigenvalue weighted by molar-refractivity contribution is 0.556. The fraction of sp³-hybridized carbons (Fsp3) is 0.857. The summed E-state index contributed by atoms with van der Waals surface area (Å²) in [5.41, 5.74) is 7.42. The third kappa shape index (κ3) is 4.83. The quantitative estimate of drug-likeness (QED) is 0.663. The van der Waals surface area contributed by atoms with Gasteiger partial charge in [0.1, 0.15) is 0 Å². The first-order valence-corrected chi connectivity index (χ1v) is 6.45. The summed E-state index contributed by atoms with van der Waals surface area (Å²) in [5.74, 6) is 2.73. The second kappa shape index (κ2) is 5.69. The molecule has 0 radical (unpaired) electrons. The lowest BCUT2D eigenvalue weighted by Crippen LogP contribution is -2.18. The number of nitrogens with two attached hydrogens (primary N) is 1. The molecule has 1 nitrogen and oxygen atoms in total. The molecule has 4 unspecified atom stereocenters. The van der Waals surface area contributed by atoms with Crippen LogP contribution in [0.1, 0.15) is 53.4 Å². The van der Waals surface area contributed by atoms with Crippen LogP contribution in [-0.2, 0) is 0 Å². The van der Waals surface area contributed by atoms with Crippen LogP contribution in [0.25, 0.3) is 0 Å². The number of hydrogen-bond donors (Lipinski definition) is 1. The van der Waals surface area contributed by atoms with Crippen molar-refractivity contribution >= 4 is 0 Å². The molecule has 1 rings (SSSR count). The van der Waals surface area contributed by atoms with Crippen LogP contribution < -0.4 is 5.73 Å². The Hall–Kier alpha value is -0.300. The highest BCUT2D eigenvalue weighted by atomic mass is 14.6. The van der Waals surface area contributed by atoms with Gasteiger partial charge >= 0.3 is 0 Å². The topological polar surface area (TPSA) is 26.0 Å². The normalized spacial score (nSPS) is 30.1. The third-order valence-electron chi connectivity index (χ3n) is 3.63. The minimum atomic E-state index is 0.355. The average Bonchev–Trinajstić information content (AvgIpc) is 2.80. The Labute approximate surface area is 95.1 Å². The van der Waals surface area contributed by atoms with Crippen molar-refractivity contribution in [3.63, 3.8) is 0 Å². The van der Waals surface area contributed by atoms with E-state index in [1.54, 1.807) is 0 Å². The Balaban J connectivity index is 2.26. The standard InChI is InChI=1S/C14H27N/c1-5-14(15)8-11(3)6-10(2)7-13-9-12(13)4/h6,10,12-14H,5,7-9,15H2,1-4H3/b11-6-. The van der Waals surface area contributed by atoms with Crippen molar-refractivity contribution in [3.8, 4) is 0 Å². The van der Waals surface area contributed by atoms with Crippen molar-refractivity contribution in [2.45, 2.75) is 59.4 Å². The van der Waals surface area contributed by atoms with Gasteiger partial charge < -0.3 is 5.73 Å². The van der Waals surface area contributed by atoms with Crippen LogP contribution in [0.5, 0.6) is 0 Å². The molecular formula is C14H27N. The van der Waals surface area contributed by atoms with Gasteiger partial charge in [-0.3, -0.25) is 0 Å². The summed E-state index contributed by atoms with van der Waals surface area (Å²) in [5, 5.41) is 0. The van der Waals surface area contributed by atoms with Gasteiger partial charge in [0.2, 0.25) is 0 Å². The van der Waals surface area contributed by atoms with E-state index in [1.807, 2.05) is 0 Å². The molecule has 15 heavy (non-hydrogen) atoms. The van der Waals surface area contributed by atoms with Crippen LogP contribution in [0, 0.1) is 17.8 Å². The van der Waals surface area contributed by atoms with Crippen LogP contribution >= 0.6 is 0 Å². The Bertz CT molecular complexity index is 219. The van der Waals surface area contributed by atoms with Gasteiger partial charge in [0.15, 0.2) is 0 Å². The van der Waals surface area contributed by atoms with Gasteiger partial charge in [0.05, 0.1) is 0 Å². The molecule has 1 fully saturated rings. The maximum absolute atomic E-state index is 5.94. The van der Waals surface area contributed by atoms with E-state index in [9.17, 15) is 0 Å². The predicted octanol–water partition coefficient (Wildman–Crippen LogP) is 3.74. The van der Waals surface area contributed by atoms with Crippen molar-refractivity contribution < 1.29 is 0 Å². The van der Waals surface area contributed by atoms with Gasteiger partial charge in [-0.05, 0) is 50.4 Å². The van der Waals surface area contributed by atoms with Gasteiger partial charge in [-0.25, -0.2) is 0 Å². The summed E-state index contributed by atoms with van der Waals surface area (Å²) >= 11 is 0. The van der Waals surface area contributed by atoms with Crippen molar-refractivity contribution in [2.75, 3.05) is 0 Å². The zero-order valence-corrected chi connectivity index (χ0v) is 10.8. The summed E-state index contributed by atoms with van der Waals surface area (Å²) in [6, 6.07) is 0.355. The van der Waals surface area contributed by atoms with Gasteiger partial charge in [0, 0.05) is 6.04 Å². The molecule has 0 saturated heterocycles. The first-order valence-electron chi connectivity index (χ1n) is 6.45. The highest BCUT2D eigenvalue weighted by Crippen LogP contribution is 2.42. The van der Waals surface area contributed by atoms with Crippen LogP contribution in [0.4, 0.5) is 0 Å². The molecule has 88 valence electrons. The molecule has 1 aliphatic carbocycles. The van der Waals surface area contributed by atoms with E-state index in [4.69, 9.17) is 5.73 Å². The summed E-state index contributed by atoms with van der Waals surface area (Å²) in [4.78, 5) is 0. The SMILES string of the molecule is CCC(N)C/C(C)=C\C(C)CC1CC1C. The molecule has 0 aliphatic heterocycles. The van der Waals surface area contributed by atoms with Crippen LogP contribution in [0.2, 0.25) is 0 Å². The number of hydrogen-bond acceptors (Lipinski definition) is 1. The summed E-state index contributed by atoms with van der Waals surface area (Å²) in [6.45, 7) is 9.09. The molecule has 1 saturated carbocycles. The maximum atomic E-state index is 5.94. The van der Waals surface area contributed by atoms with E-state index in [0.717, 1.165) is 30.6 Å². The molecule has 0 amide bonds. The van der Waals surface area contributed by atoms with Crippen LogP contribution in [0.3, 0.4) is 0 Å². The first-order chi connectivity index (χ1) is 7.02. The molecule has 2 N–H and O–H groups in total. The molecule has 1 heteroatoms. The van der Waals surface area contributed by atoms with E-state index >= 15 is 0 Å². The second-order valence-electron chi connectivity index (χ2n) is 5.57. The molecule has 4 atom stereocenters. The molecular weight excluding hydrogens is 182 g/mol. The first kappa shape index (κ1) is 12.8. The Morgan fingerprint density at radius 2 is 2.13 bits per heavy atom. The van der Waals surface area contributed by atoms with Crippen molar-refractivity contribution in [1.82, 2.24) is 0 Å². The molecule has 0 aromatic heterocycles. The molecule has 0 aromatic rings. The number of rotatable bonds is 6. The van der Waals surface area contributed by atoms with Gasteiger partial charge in [-0.15, -0.1) is 0 Å². The summed E-state index contributed by atoms with van der Waals surface area (Å²) in [7, 11) is 0. The van der Waals surface area contributed by atoms with Gasteiger partial charge in [-0.1, -0.05) is 32.4 Å². The highest BCUT2D eigenvalue weighted by Gasteiger charge is 2.32. The largest absolute Gasteiger partial charge is 0.327 e. The molecule has 0 aromatic carbocycles. The second-order valence-corrected chi connectivity index (χ2v) is 5.57. The summed E-state index contributed by atoms with van der Waals surface area (Å²) in [6.07, 6.45) is 7.41. The Morgan fingerprint density at radius 1 is 1.53 bits per heavy atom. The van der Waals surface area contributed by atoms with E-state index in [1.165, 1.54) is 18.4 Å². The van der Waals surface area contributed by atoms with Crippen molar-refractivity contribution in [1.29, 1.82) is 0 Å². The Morgan fingerprint density at radius 3 is 2.60 bits per heavy atom. The molecule has 0 spiro atoms. The molecule has 0 bridgehead atoms. The van der Waals surface area contributed by atoms with E-state index in [2.05, 4.69) is 33.8 Å². The number of allylic oxidation sites excluding steroid dienone is 1. The zero-order valence-electron chi connectivity index (χ0n) is 10.8. The van der Waals surface area contributed by atoms with E-state index in [0.29, 0.717) is 6.04 Å². The third-order valence-corrected chi connectivity index (χ3v) is 3.63. The smallest absolute Gasteiger partial charge is 0.00733 e. The van der Waals surface area contributed by atoms with Gasteiger partial charge in [0.25, 0.3) is 0 Å². The van der Waals surface area contributed by atoms with Gasteiger partial charge in [-0.2, -0.15) is 0 Å². The van der Waals surface area contributed by atoms with E-state index in [-0.39, 0.29) is 0 Å². The molecule has 0 heterocycles. The minimum absolute atomic E-state index is 0.355. The van der Waals surface area contributed by atoms with Crippen LogP contribution in [-0.4, -0.2) is 6.04 Å². The molecule has 1 aliphatic rings. The lowest BCUT2D eigenvalue weighted by Gasteiger charge is -2.11. The average molecular weight is 209 g/mol. The zero-order chi connectivity index (χ0) is 11.4. The highest BCUT2D eigenvalue weighted by molar-refractivity contribution is 5.03. The summed E-state index contributed by atoms with van der Waals surface area (Å²) < 4.78 is 0.